The van der Waals surface area contributed by atoms with Crippen molar-refractivity contribution in [2.45, 2.75) is 38.3 Å². The van der Waals surface area contributed by atoms with Crippen LogP contribution < -0.4 is 5.32 Å². The van der Waals surface area contributed by atoms with Crippen LogP contribution in [0.3, 0.4) is 0 Å². The molecule has 1 saturated heterocycles. The fraction of sp³-hybridized carbons (Fsp3) is 0.500. The number of halogens is 1. The second kappa shape index (κ2) is 7.61. The van der Waals surface area contributed by atoms with Crippen LogP contribution >= 0.6 is 11.6 Å². The summed E-state index contributed by atoms with van der Waals surface area (Å²) in [5.74, 6) is -0.182. The van der Waals surface area contributed by atoms with Crippen LogP contribution in [0.4, 0.5) is 0 Å². The van der Waals surface area contributed by atoms with Crippen molar-refractivity contribution < 1.29 is 14.7 Å². The van der Waals surface area contributed by atoms with E-state index in [1.165, 1.54) is 6.92 Å². The van der Waals surface area contributed by atoms with Gasteiger partial charge in [0.25, 0.3) is 0 Å². The Morgan fingerprint density at radius 1 is 1.41 bits per heavy atom. The average Bonchev–Trinajstić information content (AvgIpc) is 2.47. The van der Waals surface area contributed by atoms with Crippen molar-refractivity contribution in [3.8, 4) is 0 Å². The van der Waals surface area contributed by atoms with Gasteiger partial charge in [-0.3, -0.25) is 9.59 Å². The number of carbonyl (C=O) groups excluding carboxylic acids is 2. The molecule has 5 nitrogen and oxygen atoms in total. The number of hydrogen-bond donors (Lipinski definition) is 2. The van der Waals surface area contributed by atoms with Crippen molar-refractivity contribution in [2.75, 3.05) is 13.1 Å². The van der Waals surface area contributed by atoms with E-state index in [-0.39, 0.29) is 24.3 Å². The molecule has 1 fully saturated rings. The summed E-state index contributed by atoms with van der Waals surface area (Å²) in [5.41, 5.74) is 0.674. The van der Waals surface area contributed by atoms with Crippen molar-refractivity contribution in [3.63, 3.8) is 0 Å². The normalized spacial score (nSPS) is 19.6. The molecule has 1 aromatic rings. The van der Waals surface area contributed by atoms with E-state index in [1.807, 2.05) is 0 Å². The van der Waals surface area contributed by atoms with Crippen molar-refractivity contribution in [3.05, 3.63) is 34.9 Å². The molecule has 0 saturated carbocycles. The molecule has 1 aliphatic rings. The van der Waals surface area contributed by atoms with Crippen LogP contribution in [-0.2, 0) is 9.59 Å². The molecule has 6 heteroatoms. The predicted octanol–water partition coefficient (Wildman–Crippen LogP) is 1.89. The Labute approximate surface area is 135 Å². The summed E-state index contributed by atoms with van der Waals surface area (Å²) in [4.78, 5) is 25.1. The monoisotopic (exact) mass is 324 g/mol. The third kappa shape index (κ3) is 4.71. The number of benzene rings is 1. The Kier molecular flexibility index (Phi) is 5.80. The Morgan fingerprint density at radius 3 is 2.73 bits per heavy atom. The second-order valence-electron chi connectivity index (χ2n) is 5.65. The first-order valence-electron chi connectivity index (χ1n) is 7.44. The number of hydrogen-bond acceptors (Lipinski definition) is 3. The Hall–Kier alpha value is -1.59. The van der Waals surface area contributed by atoms with E-state index in [0.717, 1.165) is 12.8 Å². The van der Waals surface area contributed by atoms with Gasteiger partial charge < -0.3 is 15.3 Å². The smallest absolute Gasteiger partial charge is 0.225 e. The van der Waals surface area contributed by atoms with Gasteiger partial charge >= 0.3 is 0 Å². The SMILES string of the molecule is CC(=O)NC1CCCN(C(=O)CC(O)c2ccc(Cl)cc2)C1. The van der Waals surface area contributed by atoms with Crippen LogP contribution in [0.25, 0.3) is 0 Å². The maximum atomic E-state index is 12.3. The third-order valence-electron chi connectivity index (χ3n) is 3.80. The summed E-state index contributed by atoms with van der Waals surface area (Å²) in [6.07, 6.45) is 0.927. The minimum absolute atomic E-state index is 0.00266. The van der Waals surface area contributed by atoms with Crippen LogP contribution in [0.5, 0.6) is 0 Å². The minimum Gasteiger partial charge on any atom is -0.388 e. The molecule has 22 heavy (non-hydrogen) atoms. The number of nitrogens with zero attached hydrogens (tertiary/aromatic N) is 1. The van der Waals surface area contributed by atoms with Gasteiger partial charge in [-0.05, 0) is 30.5 Å². The molecule has 0 spiro atoms. The maximum Gasteiger partial charge on any atom is 0.225 e. The zero-order valence-corrected chi connectivity index (χ0v) is 13.3. The molecule has 120 valence electrons. The molecular weight excluding hydrogens is 304 g/mol. The van der Waals surface area contributed by atoms with E-state index in [0.29, 0.717) is 23.7 Å². The van der Waals surface area contributed by atoms with Crippen LogP contribution in [0.1, 0.15) is 37.9 Å². The molecular formula is C16H21ClN2O3. The summed E-state index contributed by atoms with van der Waals surface area (Å²) in [6, 6.07) is 6.83. The topological polar surface area (TPSA) is 69.6 Å². The number of likely N-dealkylation sites (tertiary alicyclic amines) is 1. The highest BCUT2D eigenvalue weighted by Crippen LogP contribution is 2.21. The highest BCUT2D eigenvalue weighted by atomic mass is 35.5. The van der Waals surface area contributed by atoms with Crippen molar-refractivity contribution in [1.82, 2.24) is 10.2 Å². The van der Waals surface area contributed by atoms with Gasteiger partial charge in [-0.2, -0.15) is 0 Å². The van der Waals surface area contributed by atoms with E-state index < -0.39 is 6.10 Å². The number of aliphatic hydroxyl groups excluding tert-OH is 1. The van der Waals surface area contributed by atoms with Gasteiger partial charge in [0.15, 0.2) is 0 Å². The standard InChI is InChI=1S/C16H21ClN2O3/c1-11(20)18-14-3-2-8-19(10-14)16(22)9-15(21)12-4-6-13(17)7-5-12/h4-7,14-15,21H,2-3,8-10H2,1H3,(H,18,20). The second-order valence-corrected chi connectivity index (χ2v) is 6.09. The Balaban J connectivity index is 1.90. The zero-order valence-electron chi connectivity index (χ0n) is 12.6. The number of aliphatic hydroxyl groups is 1. The van der Waals surface area contributed by atoms with Gasteiger partial charge in [0, 0.05) is 31.1 Å². The summed E-state index contributed by atoms with van der Waals surface area (Å²) in [5, 5.41) is 13.6. The number of piperidine rings is 1. The van der Waals surface area contributed by atoms with Crippen LogP contribution in [0.15, 0.2) is 24.3 Å². The van der Waals surface area contributed by atoms with Crippen molar-refractivity contribution in [1.29, 1.82) is 0 Å². The van der Waals surface area contributed by atoms with Gasteiger partial charge in [-0.1, -0.05) is 23.7 Å². The molecule has 0 bridgehead atoms. The van der Waals surface area contributed by atoms with E-state index in [4.69, 9.17) is 11.6 Å². The lowest BCUT2D eigenvalue weighted by Gasteiger charge is -2.33. The fourth-order valence-corrected chi connectivity index (χ4v) is 2.83. The fourth-order valence-electron chi connectivity index (χ4n) is 2.71. The molecule has 0 aliphatic carbocycles. The third-order valence-corrected chi connectivity index (χ3v) is 4.06. The molecule has 0 aromatic heterocycles. The van der Waals surface area contributed by atoms with Crippen molar-refractivity contribution in [2.24, 2.45) is 0 Å². The van der Waals surface area contributed by atoms with Gasteiger partial charge in [-0.25, -0.2) is 0 Å². The molecule has 1 heterocycles. The highest BCUT2D eigenvalue weighted by Gasteiger charge is 2.25. The summed E-state index contributed by atoms with van der Waals surface area (Å²) < 4.78 is 0. The van der Waals surface area contributed by atoms with Crippen molar-refractivity contribution >= 4 is 23.4 Å². The maximum absolute atomic E-state index is 12.3. The van der Waals surface area contributed by atoms with E-state index in [9.17, 15) is 14.7 Å². The predicted molar refractivity (Wildman–Crippen MR) is 84.4 cm³/mol. The largest absolute Gasteiger partial charge is 0.388 e. The first-order chi connectivity index (χ1) is 10.5. The van der Waals surface area contributed by atoms with E-state index in [1.54, 1.807) is 29.2 Å². The molecule has 2 rings (SSSR count). The average molecular weight is 325 g/mol. The molecule has 2 unspecified atom stereocenters. The lowest BCUT2D eigenvalue weighted by molar-refractivity contribution is -0.135. The van der Waals surface area contributed by atoms with Gasteiger partial charge in [0.1, 0.15) is 0 Å². The summed E-state index contributed by atoms with van der Waals surface area (Å²) in [6.45, 7) is 2.65. The lowest BCUT2D eigenvalue weighted by Crippen LogP contribution is -2.49. The minimum atomic E-state index is -0.842. The van der Waals surface area contributed by atoms with E-state index in [2.05, 4.69) is 5.32 Å². The Bertz CT molecular complexity index is 533. The molecule has 2 N–H and O–H groups in total. The van der Waals surface area contributed by atoms with Gasteiger partial charge in [-0.15, -0.1) is 0 Å². The molecule has 2 atom stereocenters. The molecule has 2 amide bonds. The number of carbonyl (C=O) groups is 2. The summed E-state index contributed by atoms with van der Waals surface area (Å²) in [7, 11) is 0. The molecule has 0 radical (unpaired) electrons. The lowest BCUT2D eigenvalue weighted by atomic mass is 10.0. The number of amides is 2. The molecule has 1 aromatic carbocycles. The highest BCUT2D eigenvalue weighted by molar-refractivity contribution is 6.30. The van der Waals surface area contributed by atoms with Gasteiger partial charge in [0.05, 0.1) is 12.5 Å². The van der Waals surface area contributed by atoms with Gasteiger partial charge in [0.2, 0.25) is 11.8 Å². The number of rotatable bonds is 4. The summed E-state index contributed by atoms with van der Waals surface area (Å²) >= 11 is 5.81. The van der Waals surface area contributed by atoms with Crippen LogP contribution in [0, 0.1) is 0 Å². The Morgan fingerprint density at radius 2 is 2.09 bits per heavy atom. The first kappa shape index (κ1) is 16.8. The quantitative estimate of drug-likeness (QED) is 0.888. The molecule has 1 aliphatic heterocycles. The number of nitrogens with one attached hydrogen (secondary N) is 1. The van der Waals surface area contributed by atoms with Crippen LogP contribution in [-0.4, -0.2) is 41.0 Å². The van der Waals surface area contributed by atoms with E-state index >= 15 is 0 Å². The van der Waals surface area contributed by atoms with Crippen LogP contribution in [0.2, 0.25) is 5.02 Å². The first-order valence-corrected chi connectivity index (χ1v) is 7.82. The zero-order chi connectivity index (χ0) is 16.1.